The number of benzene rings is 1. The molecular formula is C21H30N2O4. The normalized spacial score (nSPS) is 18.0. The van der Waals surface area contributed by atoms with Crippen molar-refractivity contribution in [3.8, 4) is 0 Å². The Balaban J connectivity index is 1.96. The van der Waals surface area contributed by atoms with Crippen molar-refractivity contribution in [1.82, 2.24) is 10.2 Å². The number of nitrogens with zero attached hydrogens (tertiary/aromatic N) is 1. The summed E-state index contributed by atoms with van der Waals surface area (Å²) in [5.74, 6) is -0.744. The van der Waals surface area contributed by atoms with Gasteiger partial charge >= 0.3 is 5.97 Å². The Bertz CT molecular complexity index is 669. The third-order valence-electron chi connectivity index (χ3n) is 4.89. The maximum atomic E-state index is 12.5. The molecule has 1 saturated heterocycles. The van der Waals surface area contributed by atoms with Crippen LogP contribution in [0.3, 0.4) is 0 Å². The molecule has 0 unspecified atom stereocenters. The first kappa shape index (κ1) is 20.9. The minimum absolute atomic E-state index is 0.0673. The van der Waals surface area contributed by atoms with Crippen molar-refractivity contribution in [3.05, 3.63) is 35.4 Å². The Morgan fingerprint density at radius 2 is 1.93 bits per heavy atom. The van der Waals surface area contributed by atoms with E-state index in [9.17, 15) is 14.4 Å². The molecule has 0 spiro atoms. The summed E-state index contributed by atoms with van der Waals surface area (Å²) in [4.78, 5) is 37.6. The maximum Gasteiger partial charge on any atom is 0.305 e. The average molecular weight is 374 g/mol. The monoisotopic (exact) mass is 374 g/mol. The Kier molecular flexibility index (Phi) is 7.39. The van der Waals surface area contributed by atoms with E-state index in [0.29, 0.717) is 31.7 Å². The molecule has 0 aliphatic carbocycles. The summed E-state index contributed by atoms with van der Waals surface area (Å²) in [5, 5.41) is 11.9. The van der Waals surface area contributed by atoms with Crippen molar-refractivity contribution >= 4 is 17.8 Å². The molecule has 1 aromatic rings. The fourth-order valence-electron chi connectivity index (χ4n) is 3.59. The lowest BCUT2D eigenvalue weighted by molar-refractivity contribution is -0.137. The van der Waals surface area contributed by atoms with Gasteiger partial charge in [-0.05, 0) is 31.2 Å². The van der Waals surface area contributed by atoms with Gasteiger partial charge in [0.05, 0.1) is 6.42 Å². The van der Waals surface area contributed by atoms with Gasteiger partial charge in [0.2, 0.25) is 11.8 Å². The van der Waals surface area contributed by atoms with E-state index in [1.54, 1.807) is 4.90 Å². The van der Waals surface area contributed by atoms with Gasteiger partial charge in [0.1, 0.15) is 0 Å². The number of amides is 2. The molecule has 0 aromatic heterocycles. The zero-order valence-electron chi connectivity index (χ0n) is 16.4. The van der Waals surface area contributed by atoms with Gasteiger partial charge in [0, 0.05) is 31.5 Å². The van der Waals surface area contributed by atoms with Crippen LogP contribution in [0, 0.1) is 12.8 Å². The van der Waals surface area contributed by atoms with E-state index in [1.807, 2.05) is 45.0 Å². The van der Waals surface area contributed by atoms with Crippen LogP contribution >= 0.6 is 0 Å². The van der Waals surface area contributed by atoms with E-state index >= 15 is 0 Å². The highest BCUT2D eigenvalue weighted by Crippen LogP contribution is 2.24. The van der Waals surface area contributed by atoms with Crippen LogP contribution in [0.25, 0.3) is 0 Å². The summed E-state index contributed by atoms with van der Waals surface area (Å²) < 4.78 is 0. The van der Waals surface area contributed by atoms with E-state index in [4.69, 9.17) is 5.11 Å². The summed E-state index contributed by atoms with van der Waals surface area (Å²) in [6.45, 7) is 6.52. The van der Waals surface area contributed by atoms with Crippen molar-refractivity contribution < 1.29 is 19.5 Å². The zero-order chi connectivity index (χ0) is 20.0. The number of carboxylic acid groups (broad SMARTS) is 1. The zero-order valence-corrected chi connectivity index (χ0v) is 16.4. The molecule has 1 heterocycles. The molecule has 0 radical (unpaired) electrons. The lowest BCUT2D eigenvalue weighted by Gasteiger charge is -2.26. The van der Waals surface area contributed by atoms with Crippen LogP contribution in [0.5, 0.6) is 0 Å². The first-order valence-electron chi connectivity index (χ1n) is 9.60. The fraction of sp³-hybridized carbons (Fsp3) is 0.571. The van der Waals surface area contributed by atoms with Crippen molar-refractivity contribution in [2.24, 2.45) is 5.92 Å². The predicted octanol–water partition coefficient (Wildman–Crippen LogP) is 2.88. The standard InChI is InChI=1S/C21H30N2O4/c1-14(2)10-17(11-21(26)27)22-19(24)12-18-8-9-20(25)23(18)13-16-6-4-15(3)5-7-16/h4-7,14,17-18H,8-13H2,1-3H3,(H,22,24)(H,26,27)/t17-,18+/m1/s1. The summed E-state index contributed by atoms with van der Waals surface area (Å²) in [6, 6.07) is 7.52. The molecule has 6 nitrogen and oxygen atoms in total. The van der Waals surface area contributed by atoms with Gasteiger partial charge < -0.3 is 15.3 Å². The van der Waals surface area contributed by atoms with E-state index < -0.39 is 5.97 Å². The minimum Gasteiger partial charge on any atom is -0.481 e. The van der Waals surface area contributed by atoms with E-state index in [0.717, 1.165) is 11.1 Å². The Hall–Kier alpha value is -2.37. The molecule has 148 valence electrons. The molecule has 2 N–H and O–H groups in total. The van der Waals surface area contributed by atoms with Gasteiger partial charge in [-0.3, -0.25) is 14.4 Å². The van der Waals surface area contributed by atoms with Crippen LogP contribution in [0.4, 0.5) is 0 Å². The predicted molar refractivity (Wildman–Crippen MR) is 103 cm³/mol. The summed E-state index contributed by atoms with van der Waals surface area (Å²) in [6.07, 6.45) is 1.86. The minimum atomic E-state index is -0.919. The molecule has 0 bridgehead atoms. The number of carbonyl (C=O) groups is 3. The Morgan fingerprint density at radius 1 is 1.26 bits per heavy atom. The van der Waals surface area contributed by atoms with Gasteiger partial charge in [0.25, 0.3) is 0 Å². The average Bonchev–Trinajstić information content (AvgIpc) is 2.88. The van der Waals surface area contributed by atoms with Crippen molar-refractivity contribution in [2.45, 2.75) is 71.5 Å². The van der Waals surface area contributed by atoms with Crippen LogP contribution in [0.1, 0.15) is 57.1 Å². The first-order valence-corrected chi connectivity index (χ1v) is 9.60. The second kappa shape index (κ2) is 9.53. The molecular weight excluding hydrogens is 344 g/mol. The van der Waals surface area contributed by atoms with Crippen molar-refractivity contribution in [2.75, 3.05) is 0 Å². The van der Waals surface area contributed by atoms with Crippen molar-refractivity contribution in [1.29, 1.82) is 0 Å². The van der Waals surface area contributed by atoms with Crippen LogP contribution < -0.4 is 5.32 Å². The Morgan fingerprint density at radius 3 is 2.52 bits per heavy atom. The quantitative estimate of drug-likeness (QED) is 0.696. The highest BCUT2D eigenvalue weighted by atomic mass is 16.4. The van der Waals surface area contributed by atoms with E-state index in [1.165, 1.54) is 0 Å². The molecule has 1 fully saturated rings. The lowest BCUT2D eigenvalue weighted by Crippen LogP contribution is -2.41. The highest BCUT2D eigenvalue weighted by Gasteiger charge is 2.32. The van der Waals surface area contributed by atoms with Crippen LogP contribution in [-0.4, -0.2) is 39.9 Å². The van der Waals surface area contributed by atoms with Crippen LogP contribution in [0.15, 0.2) is 24.3 Å². The number of rotatable bonds is 9. The van der Waals surface area contributed by atoms with Gasteiger partial charge in [0.15, 0.2) is 0 Å². The Labute approximate surface area is 160 Å². The van der Waals surface area contributed by atoms with Crippen molar-refractivity contribution in [3.63, 3.8) is 0 Å². The van der Waals surface area contributed by atoms with Crippen LogP contribution in [-0.2, 0) is 20.9 Å². The molecule has 1 aliphatic heterocycles. The molecule has 27 heavy (non-hydrogen) atoms. The topological polar surface area (TPSA) is 86.7 Å². The second-order valence-corrected chi connectivity index (χ2v) is 7.90. The number of aliphatic carboxylic acids is 1. The van der Waals surface area contributed by atoms with E-state index in [-0.39, 0.29) is 36.7 Å². The number of nitrogens with one attached hydrogen (secondary N) is 1. The SMILES string of the molecule is Cc1ccc(CN2C(=O)CC[C@H]2CC(=O)N[C@@H](CC(=O)O)CC(C)C)cc1. The molecule has 0 saturated carbocycles. The number of aryl methyl sites for hydroxylation is 1. The van der Waals surface area contributed by atoms with Gasteiger partial charge in [-0.1, -0.05) is 43.7 Å². The number of hydrogen-bond donors (Lipinski definition) is 2. The van der Waals surface area contributed by atoms with E-state index in [2.05, 4.69) is 5.32 Å². The third-order valence-corrected chi connectivity index (χ3v) is 4.89. The summed E-state index contributed by atoms with van der Waals surface area (Å²) in [5.41, 5.74) is 2.21. The first-order chi connectivity index (χ1) is 12.7. The third kappa shape index (κ3) is 6.70. The molecule has 6 heteroatoms. The van der Waals surface area contributed by atoms with Gasteiger partial charge in [-0.2, -0.15) is 0 Å². The lowest BCUT2D eigenvalue weighted by atomic mass is 10.0. The molecule has 1 aromatic carbocycles. The molecule has 2 amide bonds. The number of hydrogen-bond acceptors (Lipinski definition) is 3. The maximum absolute atomic E-state index is 12.5. The summed E-state index contributed by atoms with van der Waals surface area (Å²) in [7, 11) is 0. The number of carbonyl (C=O) groups excluding carboxylic acids is 2. The summed E-state index contributed by atoms with van der Waals surface area (Å²) >= 11 is 0. The second-order valence-electron chi connectivity index (χ2n) is 7.90. The number of likely N-dealkylation sites (tertiary alicyclic amines) is 1. The smallest absolute Gasteiger partial charge is 0.305 e. The fourth-order valence-corrected chi connectivity index (χ4v) is 3.59. The molecule has 1 aliphatic rings. The number of carboxylic acids is 1. The largest absolute Gasteiger partial charge is 0.481 e. The molecule has 2 rings (SSSR count). The highest BCUT2D eigenvalue weighted by molar-refractivity contribution is 5.82. The van der Waals surface area contributed by atoms with Gasteiger partial charge in [-0.15, -0.1) is 0 Å². The molecule has 2 atom stereocenters. The van der Waals surface area contributed by atoms with Gasteiger partial charge in [-0.25, -0.2) is 0 Å². The van der Waals surface area contributed by atoms with Crippen LogP contribution in [0.2, 0.25) is 0 Å².